The van der Waals surface area contributed by atoms with Gasteiger partial charge in [0.25, 0.3) is 6.48 Å². The van der Waals surface area contributed by atoms with Crippen molar-refractivity contribution in [2.75, 3.05) is 7.11 Å². The fourth-order valence-electron chi connectivity index (χ4n) is 2.38. The third kappa shape index (κ3) is 0.955. The molecule has 3 heterocycles. The van der Waals surface area contributed by atoms with Crippen LogP contribution in [-0.4, -0.2) is 60.4 Å². The van der Waals surface area contributed by atoms with Crippen LogP contribution in [0.25, 0.3) is 0 Å². The van der Waals surface area contributed by atoms with Gasteiger partial charge in [0, 0.05) is 7.11 Å². The summed E-state index contributed by atoms with van der Waals surface area (Å²) in [5.41, 5.74) is 0. The van der Waals surface area contributed by atoms with Crippen molar-refractivity contribution < 1.29 is 29.2 Å². The average molecular weight is 204 g/mol. The van der Waals surface area contributed by atoms with Crippen molar-refractivity contribution >= 4 is 0 Å². The van der Waals surface area contributed by atoms with E-state index in [2.05, 4.69) is 0 Å². The van der Waals surface area contributed by atoms with Gasteiger partial charge in [0.15, 0.2) is 0 Å². The van der Waals surface area contributed by atoms with Crippen molar-refractivity contribution in [3.8, 4) is 0 Å². The standard InChI is InChI=1S/C8H12O6/c1-11-7-5-2(9)4-3(10)6(7)14-8(12-4)13-5/h2-10H,1H3/t2-,3?,4-,5?,6+,7?,8?/m0/s1. The zero-order valence-electron chi connectivity index (χ0n) is 7.57. The Hall–Kier alpha value is -0.240. The maximum Gasteiger partial charge on any atom is 0.272 e. The minimum Gasteiger partial charge on any atom is -0.387 e. The van der Waals surface area contributed by atoms with E-state index in [0.717, 1.165) is 0 Å². The molecule has 4 aliphatic rings. The van der Waals surface area contributed by atoms with E-state index in [9.17, 15) is 10.2 Å². The second-order valence-corrected chi connectivity index (χ2v) is 3.77. The van der Waals surface area contributed by atoms with E-state index in [1.54, 1.807) is 0 Å². The van der Waals surface area contributed by atoms with E-state index in [-0.39, 0.29) is 0 Å². The molecule has 4 fully saturated rings. The number of hydrogen-bond acceptors (Lipinski definition) is 6. The first-order chi connectivity index (χ1) is 6.72. The van der Waals surface area contributed by atoms with Crippen molar-refractivity contribution in [1.29, 1.82) is 0 Å². The highest BCUT2D eigenvalue weighted by atomic mass is 16.9. The number of rotatable bonds is 1. The van der Waals surface area contributed by atoms with Gasteiger partial charge in [-0.15, -0.1) is 0 Å². The first-order valence-electron chi connectivity index (χ1n) is 4.57. The second-order valence-electron chi connectivity index (χ2n) is 3.77. The van der Waals surface area contributed by atoms with Gasteiger partial charge >= 0.3 is 0 Å². The summed E-state index contributed by atoms with van der Waals surface area (Å²) in [5, 5.41) is 19.5. The number of aliphatic hydroxyl groups excluding tert-OH is 2. The van der Waals surface area contributed by atoms with Crippen LogP contribution in [0.1, 0.15) is 0 Å². The molecule has 3 aliphatic heterocycles. The lowest BCUT2D eigenvalue weighted by Gasteiger charge is -2.56. The first-order valence-corrected chi connectivity index (χ1v) is 4.57. The molecule has 0 aromatic heterocycles. The predicted molar refractivity (Wildman–Crippen MR) is 41.2 cm³/mol. The van der Waals surface area contributed by atoms with Crippen LogP contribution >= 0.6 is 0 Å². The highest BCUT2D eigenvalue weighted by Crippen LogP contribution is 2.40. The number of aliphatic hydroxyl groups is 2. The summed E-state index contributed by atoms with van der Waals surface area (Å²) in [6.07, 6.45) is -3.70. The third-order valence-electron chi connectivity index (χ3n) is 3.07. The van der Waals surface area contributed by atoms with Crippen molar-refractivity contribution in [3.05, 3.63) is 0 Å². The summed E-state index contributed by atoms with van der Waals surface area (Å²) in [7, 11) is 1.50. The van der Waals surface area contributed by atoms with Crippen LogP contribution in [0.5, 0.6) is 0 Å². The minimum atomic E-state index is -0.855. The molecule has 1 saturated carbocycles. The van der Waals surface area contributed by atoms with Crippen LogP contribution < -0.4 is 0 Å². The molecule has 4 unspecified atom stereocenters. The van der Waals surface area contributed by atoms with Crippen molar-refractivity contribution in [1.82, 2.24) is 0 Å². The molecule has 6 nitrogen and oxygen atoms in total. The number of ether oxygens (including phenoxy) is 4. The Balaban J connectivity index is 1.94. The van der Waals surface area contributed by atoms with Gasteiger partial charge in [-0.05, 0) is 0 Å². The normalized spacial score (nSPS) is 60.6. The smallest absolute Gasteiger partial charge is 0.272 e. The molecule has 0 spiro atoms. The Morgan fingerprint density at radius 2 is 1.43 bits per heavy atom. The highest BCUT2D eigenvalue weighted by molar-refractivity contribution is 5.05. The highest BCUT2D eigenvalue weighted by Gasteiger charge is 2.61. The molecule has 1 aliphatic carbocycles. The molecular formula is C8H12O6. The molecule has 7 atom stereocenters. The van der Waals surface area contributed by atoms with Crippen molar-refractivity contribution in [2.45, 2.75) is 43.1 Å². The lowest BCUT2D eigenvalue weighted by molar-refractivity contribution is -0.482. The molecule has 0 aromatic rings. The van der Waals surface area contributed by atoms with Crippen LogP contribution in [-0.2, 0) is 18.9 Å². The lowest BCUT2D eigenvalue weighted by Crippen LogP contribution is -2.75. The van der Waals surface area contributed by atoms with E-state index < -0.39 is 43.1 Å². The Labute approximate surface area is 80.3 Å². The van der Waals surface area contributed by atoms with Crippen molar-refractivity contribution in [3.63, 3.8) is 0 Å². The number of hydrogen-bond donors (Lipinski definition) is 2. The summed E-state index contributed by atoms with van der Waals surface area (Å²) in [5.74, 6) is 0. The van der Waals surface area contributed by atoms with Gasteiger partial charge in [0.1, 0.15) is 36.6 Å². The summed E-state index contributed by atoms with van der Waals surface area (Å²) in [4.78, 5) is 0. The van der Waals surface area contributed by atoms with Gasteiger partial charge in [0.2, 0.25) is 0 Å². The van der Waals surface area contributed by atoms with E-state index in [1.807, 2.05) is 0 Å². The fourth-order valence-corrected chi connectivity index (χ4v) is 2.38. The van der Waals surface area contributed by atoms with Crippen LogP contribution in [0.4, 0.5) is 0 Å². The molecule has 2 N–H and O–H groups in total. The zero-order chi connectivity index (χ0) is 9.87. The molecule has 3 saturated heterocycles. The monoisotopic (exact) mass is 204 g/mol. The summed E-state index contributed by atoms with van der Waals surface area (Å²) in [6.45, 7) is -0.770. The molecular weight excluding hydrogens is 192 g/mol. The van der Waals surface area contributed by atoms with Crippen LogP contribution in [0.2, 0.25) is 0 Å². The first kappa shape index (κ1) is 9.02. The van der Waals surface area contributed by atoms with Crippen molar-refractivity contribution in [2.24, 2.45) is 0 Å². The van der Waals surface area contributed by atoms with E-state index >= 15 is 0 Å². The summed E-state index contributed by atoms with van der Waals surface area (Å²) >= 11 is 0. The van der Waals surface area contributed by atoms with Crippen LogP contribution in [0.15, 0.2) is 0 Å². The number of methoxy groups -OCH3 is 1. The third-order valence-corrected chi connectivity index (χ3v) is 3.07. The van der Waals surface area contributed by atoms with Gasteiger partial charge in [-0.1, -0.05) is 0 Å². The van der Waals surface area contributed by atoms with Crippen LogP contribution in [0, 0.1) is 0 Å². The maximum atomic E-state index is 9.75. The van der Waals surface area contributed by atoms with Gasteiger partial charge in [-0.2, -0.15) is 0 Å². The molecule has 0 aromatic carbocycles. The topological polar surface area (TPSA) is 77.4 Å². The largest absolute Gasteiger partial charge is 0.387 e. The SMILES string of the molecule is COC1C2OC3O[C@@H]1C(O)[C@@H](O3)[C@@H]2O. The molecule has 0 radical (unpaired) electrons. The molecule has 0 amide bonds. The minimum absolute atomic E-state index is 0.434. The molecule has 4 bridgehead atoms. The second kappa shape index (κ2) is 2.88. The van der Waals surface area contributed by atoms with E-state index in [0.29, 0.717) is 0 Å². The molecule has 80 valence electrons. The summed E-state index contributed by atoms with van der Waals surface area (Å²) in [6, 6.07) is 0. The molecule has 14 heavy (non-hydrogen) atoms. The Bertz CT molecular complexity index is 226. The van der Waals surface area contributed by atoms with Gasteiger partial charge in [-0.3, -0.25) is 0 Å². The Morgan fingerprint density at radius 3 is 1.93 bits per heavy atom. The molecule has 4 rings (SSSR count). The quantitative estimate of drug-likeness (QED) is 0.525. The van der Waals surface area contributed by atoms with E-state index in [4.69, 9.17) is 18.9 Å². The Morgan fingerprint density at radius 1 is 0.929 bits per heavy atom. The lowest BCUT2D eigenvalue weighted by atomic mass is 9.82. The zero-order valence-corrected chi connectivity index (χ0v) is 7.57. The average Bonchev–Trinajstić information content (AvgIpc) is 2.20. The Kier molecular flexibility index (Phi) is 1.85. The van der Waals surface area contributed by atoms with Crippen LogP contribution in [0.3, 0.4) is 0 Å². The van der Waals surface area contributed by atoms with Gasteiger partial charge < -0.3 is 29.2 Å². The fraction of sp³-hybridized carbons (Fsp3) is 1.00. The molecule has 6 heteroatoms. The van der Waals surface area contributed by atoms with E-state index in [1.165, 1.54) is 7.11 Å². The van der Waals surface area contributed by atoms with Gasteiger partial charge in [0.05, 0.1) is 0 Å². The summed E-state index contributed by atoms with van der Waals surface area (Å²) < 4.78 is 20.8. The predicted octanol–water partition coefficient (Wildman–Crippen LogP) is -1.80. The van der Waals surface area contributed by atoms with Gasteiger partial charge in [-0.25, -0.2) is 0 Å². The maximum absolute atomic E-state index is 9.75.